The van der Waals surface area contributed by atoms with Gasteiger partial charge in [-0.05, 0) is 18.1 Å². The molecule has 0 spiro atoms. The molecule has 0 amide bonds. The molecule has 15 heavy (non-hydrogen) atoms. The maximum atomic E-state index is 10.4. The van der Waals surface area contributed by atoms with E-state index in [1.54, 1.807) is 26.4 Å². The summed E-state index contributed by atoms with van der Waals surface area (Å²) in [6.45, 7) is 0. The van der Waals surface area contributed by atoms with E-state index in [4.69, 9.17) is 9.47 Å². The second-order valence-corrected chi connectivity index (χ2v) is 3.95. The molecule has 0 heterocycles. The third kappa shape index (κ3) is 3.53. The van der Waals surface area contributed by atoms with E-state index >= 15 is 0 Å². The first kappa shape index (κ1) is 12.0. The summed E-state index contributed by atoms with van der Waals surface area (Å²) in [4.78, 5) is 0. The third-order valence-corrected chi connectivity index (χ3v) is 2.57. The van der Waals surface area contributed by atoms with E-state index < -0.39 is 11.1 Å². The summed E-state index contributed by atoms with van der Waals surface area (Å²) in [6, 6.07) is 5.33. The molecular weight excluding hydrogens is 216 g/mol. The lowest BCUT2D eigenvalue weighted by Gasteiger charge is -2.11. The van der Waals surface area contributed by atoms with Gasteiger partial charge >= 0.3 is 0 Å². The summed E-state index contributed by atoms with van der Waals surface area (Å²) in [5, 5.41) is 0. The lowest BCUT2D eigenvalue weighted by Crippen LogP contribution is -2.01. The molecule has 0 N–H and O–H groups in total. The van der Waals surface area contributed by atoms with Crippen molar-refractivity contribution in [1.82, 2.24) is 0 Å². The van der Waals surface area contributed by atoms with Gasteiger partial charge in [0, 0.05) is 11.8 Å². The molecule has 84 valence electrons. The van der Waals surface area contributed by atoms with Crippen LogP contribution in [-0.4, -0.2) is 28.7 Å². The summed E-state index contributed by atoms with van der Waals surface area (Å²) >= 11 is -2.02. The fourth-order valence-corrected chi connectivity index (χ4v) is 1.64. The zero-order valence-corrected chi connectivity index (χ0v) is 9.50. The Hall–Kier alpha value is -1.07. The van der Waals surface area contributed by atoms with Crippen LogP contribution in [0.5, 0.6) is 11.5 Å². The van der Waals surface area contributed by atoms with Crippen molar-refractivity contribution in [2.75, 3.05) is 20.0 Å². The van der Waals surface area contributed by atoms with Crippen molar-refractivity contribution in [2.45, 2.75) is 6.42 Å². The lowest BCUT2D eigenvalue weighted by molar-refractivity contribution is 0.391. The van der Waals surface area contributed by atoms with Gasteiger partial charge in [0.05, 0.1) is 14.2 Å². The molecule has 0 fully saturated rings. The summed E-state index contributed by atoms with van der Waals surface area (Å²) < 4.78 is 31.0. The molecule has 0 saturated carbocycles. The smallest absolute Gasteiger partial charge is 0.125 e. The van der Waals surface area contributed by atoms with Gasteiger partial charge in [-0.2, -0.15) is 0 Å². The van der Waals surface area contributed by atoms with Crippen molar-refractivity contribution >= 4 is 11.1 Å². The van der Waals surface area contributed by atoms with Gasteiger partial charge in [0.15, 0.2) is 0 Å². The Labute approximate surface area is 91.5 Å². The molecule has 1 atom stereocenters. The summed E-state index contributed by atoms with van der Waals surface area (Å²) in [7, 11) is 3.12. The number of rotatable bonds is 5. The Morgan fingerprint density at radius 3 is 2.60 bits per heavy atom. The van der Waals surface area contributed by atoms with Crippen LogP contribution in [0.1, 0.15) is 5.56 Å². The minimum atomic E-state index is -2.02. The maximum absolute atomic E-state index is 10.4. The number of hydrogen-bond donors (Lipinski definition) is 0. The Bertz CT molecular complexity index is 351. The molecule has 0 radical (unpaired) electrons. The standard InChI is InChI=1S/C10H14O4S/c1-13-9-4-3-8(5-6-15(11)12)10(7-9)14-2/h3-4,7H,5-6H2,1-2H3,(H,11,12)/p-1. The van der Waals surface area contributed by atoms with Gasteiger partial charge in [0.25, 0.3) is 0 Å². The van der Waals surface area contributed by atoms with Crippen molar-refractivity contribution in [2.24, 2.45) is 0 Å². The Morgan fingerprint density at radius 2 is 2.07 bits per heavy atom. The van der Waals surface area contributed by atoms with Crippen molar-refractivity contribution in [3.8, 4) is 11.5 Å². The Kier molecular flexibility index (Phi) is 4.58. The van der Waals surface area contributed by atoms with Crippen LogP contribution in [0.25, 0.3) is 0 Å². The highest BCUT2D eigenvalue weighted by atomic mass is 32.2. The van der Waals surface area contributed by atoms with Crippen molar-refractivity contribution < 1.29 is 18.2 Å². The minimum Gasteiger partial charge on any atom is -0.772 e. The van der Waals surface area contributed by atoms with Crippen LogP contribution in [0.4, 0.5) is 0 Å². The van der Waals surface area contributed by atoms with Crippen LogP contribution < -0.4 is 9.47 Å². The van der Waals surface area contributed by atoms with Gasteiger partial charge in [0.1, 0.15) is 11.5 Å². The lowest BCUT2D eigenvalue weighted by atomic mass is 10.1. The summed E-state index contributed by atoms with van der Waals surface area (Å²) in [5.41, 5.74) is 0.863. The van der Waals surface area contributed by atoms with Gasteiger partial charge in [-0.3, -0.25) is 4.21 Å². The van der Waals surface area contributed by atoms with E-state index in [1.807, 2.05) is 6.07 Å². The largest absolute Gasteiger partial charge is 0.772 e. The quantitative estimate of drug-likeness (QED) is 0.710. The highest BCUT2D eigenvalue weighted by Gasteiger charge is 2.04. The number of ether oxygens (including phenoxy) is 2. The zero-order valence-electron chi connectivity index (χ0n) is 8.69. The van der Waals surface area contributed by atoms with E-state index in [0.29, 0.717) is 17.9 Å². The molecule has 1 aromatic carbocycles. The van der Waals surface area contributed by atoms with Crippen molar-refractivity contribution in [3.05, 3.63) is 23.8 Å². The monoisotopic (exact) mass is 229 g/mol. The first-order chi connectivity index (χ1) is 7.17. The highest BCUT2D eigenvalue weighted by Crippen LogP contribution is 2.24. The fraction of sp³-hybridized carbons (Fsp3) is 0.400. The predicted molar refractivity (Wildman–Crippen MR) is 57.0 cm³/mol. The molecule has 1 unspecified atom stereocenters. The maximum Gasteiger partial charge on any atom is 0.125 e. The molecule has 0 aliphatic carbocycles. The normalized spacial score (nSPS) is 12.2. The Morgan fingerprint density at radius 1 is 1.33 bits per heavy atom. The SMILES string of the molecule is COc1ccc(CCS(=O)[O-])c(OC)c1. The average molecular weight is 229 g/mol. The van der Waals surface area contributed by atoms with Crippen LogP contribution in [-0.2, 0) is 17.5 Å². The van der Waals surface area contributed by atoms with Crippen LogP contribution in [0, 0.1) is 0 Å². The van der Waals surface area contributed by atoms with Gasteiger partial charge in [-0.15, -0.1) is 0 Å². The third-order valence-electron chi connectivity index (χ3n) is 2.03. The molecule has 1 aromatic rings. The van der Waals surface area contributed by atoms with E-state index in [2.05, 4.69) is 0 Å². The molecule has 0 bridgehead atoms. The molecule has 0 aromatic heterocycles. The molecule has 0 saturated heterocycles. The average Bonchev–Trinajstić information content (AvgIpc) is 2.25. The fourth-order valence-electron chi connectivity index (χ4n) is 1.25. The second kappa shape index (κ2) is 5.72. The van der Waals surface area contributed by atoms with Crippen molar-refractivity contribution in [3.63, 3.8) is 0 Å². The zero-order chi connectivity index (χ0) is 11.3. The minimum absolute atomic E-state index is 0.0999. The topological polar surface area (TPSA) is 58.6 Å². The van der Waals surface area contributed by atoms with E-state index in [-0.39, 0.29) is 5.75 Å². The predicted octanol–water partition coefficient (Wildman–Crippen LogP) is 1.13. The first-order valence-corrected chi connectivity index (χ1v) is 5.68. The summed E-state index contributed by atoms with van der Waals surface area (Å²) in [6.07, 6.45) is 0.448. The van der Waals surface area contributed by atoms with Crippen LogP contribution >= 0.6 is 0 Å². The molecule has 4 nitrogen and oxygen atoms in total. The molecule has 0 aliphatic heterocycles. The molecule has 5 heteroatoms. The summed E-state index contributed by atoms with van der Waals surface area (Å²) in [5.74, 6) is 1.45. The van der Waals surface area contributed by atoms with Gasteiger partial charge < -0.3 is 14.0 Å². The van der Waals surface area contributed by atoms with Gasteiger partial charge in [-0.1, -0.05) is 17.1 Å². The van der Waals surface area contributed by atoms with Crippen LogP contribution in [0.2, 0.25) is 0 Å². The number of aryl methyl sites for hydroxylation is 1. The molecular formula is C10H13O4S-. The first-order valence-electron chi connectivity index (χ1n) is 4.44. The van der Waals surface area contributed by atoms with Gasteiger partial charge in [-0.25, -0.2) is 0 Å². The number of benzene rings is 1. The van der Waals surface area contributed by atoms with E-state index in [1.165, 1.54) is 0 Å². The second-order valence-electron chi connectivity index (χ2n) is 2.94. The van der Waals surface area contributed by atoms with Gasteiger partial charge in [0.2, 0.25) is 0 Å². The number of hydrogen-bond acceptors (Lipinski definition) is 4. The molecule has 0 aliphatic rings. The van der Waals surface area contributed by atoms with E-state index in [0.717, 1.165) is 5.56 Å². The highest BCUT2D eigenvalue weighted by molar-refractivity contribution is 7.79. The number of methoxy groups -OCH3 is 2. The van der Waals surface area contributed by atoms with Crippen molar-refractivity contribution in [1.29, 1.82) is 0 Å². The van der Waals surface area contributed by atoms with E-state index in [9.17, 15) is 8.76 Å². The van der Waals surface area contributed by atoms with Crippen LogP contribution in [0.3, 0.4) is 0 Å². The van der Waals surface area contributed by atoms with Crippen LogP contribution in [0.15, 0.2) is 18.2 Å². The Balaban J connectivity index is 2.82. The molecule has 1 rings (SSSR count).